The van der Waals surface area contributed by atoms with Crippen LogP contribution in [0.25, 0.3) is 10.8 Å². The number of fused-ring (bicyclic) bond motifs is 2. The second-order valence-corrected chi connectivity index (χ2v) is 7.91. The molecule has 130 valence electrons. The fourth-order valence-electron chi connectivity index (χ4n) is 3.01. The molecular formula is C19H14N2O4S. The summed E-state index contributed by atoms with van der Waals surface area (Å²) in [6.07, 6.45) is 0. The van der Waals surface area contributed by atoms with Crippen molar-refractivity contribution in [3.8, 4) is 0 Å². The van der Waals surface area contributed by atoms with E-state index in [9.17, 15) is 18.0 Å². The number of carbonyl (C=O) groups is 2. The number of nitrogens with one attached hydrogen (secondary N) is 1. The van der Waals surface area contributed by atoms with Crippen molar-refractivity contribution in [2.45, 2.75) is 4.90 Å². The van der Waals surface area contributed by atoms with Gasteiger partial charge in [0.1, 0.15) is 4.90 Å². The summed E-state index contributed by atoms with van der Waals surface area (Å²) < 4.78 is 25.2. The Labute approximate surface area is 150 Å². The Morgan fingerprint density at radius 2 is 1.73 bits per heavy atom. The van der Waals surface area contributed by atoms with Gasteiger partial charge >= 0.3 is 0 Å². The van der Waals surface area contributed by atoms with Gasteiger partial charge in [0, 0.05) is 23.7 Å². The summed E-state index contributed by atoms with van der Waals surface area (Å²) in [6, 6.07) is 17.2. The SMILES string of the molecule is CN1C(=O)c2ccc(C(=O)Nc3cccc4ccccc34)cc2S1(=O)=O. The van der Waals surface area contributed by atoms with E-state index in [4.69, 9.17) is 0 Å². The Kier molecular flexibility index (Phi) is 3.55. The van der Waals surface area contributed by atoms with Crippen LogP contribution in [0.5, 0.6) is 0 Å². The molecule has 3 aromatic carbocycles. The third-order valence-corrected chi connectivity index (χ3v) is 6.22. The van der Waals surface area contributed by atoms with E-state index in [1.807, 2.05) is 36.4 Å². The molecule has 3 aromatic rings. The van der Waals surface area contributed by atoms with Gasteiger partial charge in [0.25, 0.3) is 21.8 Å². The predicted octanol–water partition coefficient (Wildman–Crippen LogP) is 2.87. The fraction of sp³-hybridized carbons (Fsp3) is 0.0526. The van der Waals surface area contributed by atoms with Gasteiger partial charge in [-0.15, -0.1) is 0 Å². The maximum atomic E-state index is 12.6. The number of amides is 2. The van der Waals surface area contributed by atoms with Crippen LogP contribution in [0.15, 0.2) is 65.6 Å². The van der Waals surface area contributed by atoms with Crippen LogP contribution in [-0.2, 0) is 10.0 Å². The van der Waals surface area contributed by atoms with Gasteiger partial charge in [0.05, 0.1) is 5.56 Å². The minimum absolute atomic E-state index is 0.0780. The van der Waals surface area contributed by atoms with Gasteiger partial charge in [-0.1, -0.05) is 36.4 Å². The molecule has 0 saturated carbocycles. The van der Waals surface area contributed by atoms with Crippen molar-refractivity contribution in [1.29, 1.82) is 0 Å². The summed E-state index contributed by atoms with van der Waals surface area (Å²) in [6.45, 7) is 0. The van der Waals surface area contributed by atoms with Gasteiger partial charge in [-0.25, -0.2) is 12.7 Å². The molecule has 0 spiro atoms. The molecule has 1 heterocycles. The first kappa shape index (κ1) is 16.3. The number of hydrogen-bond acceptors (Lipinski definition) is 4. The topological polar surface area (TPSA) is 83.6 Å². The van der Waals surface area contributed by atoms with Crippen LogP contribution in [0.3, 0.4) is 0 Å². The van der Waals surface area contributed by atoms with Crippen molar-refractivity contribution in [3.63, 3.8) is 0 Å². The van der Waals surface area contributed by atoms with E-state index in [2.05, 4.69) is 5.32 Å². The van der Waals surface area contributed by atoms with Crippen LogP contribution in [0.1, 0.15) is 20.7 Å². The predicted molar refractivity (Wildman–Crippen MR) is 97.6 cm³/mol. The lowest BCUT2D eigenvalue weighted by atomic mass is 10.1. The zero-order valence-corrected chi connectivity index (χ0v) is 14.6. The first-order chi connectivity index (χ1) is 12.4. The summed E-state index contributed by atoms with van der Waals surface area (Å²) in [5.41, 5.74) is 0.877. The highest BCUT2D eigenvalue weighted by Gasteiger charge is 2.38. The monoisotopic (exact) mass is 366 g/mol. The molecule has 0 aromatic heterocycles. The van der Waals surface area contributed by atoms with E-state index in [1.54, 1.807) is 6.07 Å². The highest BCUT2D eigenvalue weighted by Crippen LogP contribution is 2.30. The summed E-state index contributed by atoms with van der Waals surface area (Å²) in [5, 5.41) is 4.67. The van der Waals surface area contributed by atoms with Crippen molar-refractivity contribution in [3.05, 3.63) is 71.8 Å². The number of sulfonamides is 1. The molecule has 1 N–H and O–H groups in total. The van der Waals surface area contributed by atoms with Gasteiger partial charge < -0.3 is 5.32 Å². The molecule has 0 aliphatic carbocycles. The number of benzene rings is 3. The number of hydrogen-bond donors (Lipinski definition) is 1. The van der Waals surface area contributed by atoms with Gasteiger partial charge in [-0.05, 0) is 29.7 Å². The number of anilines is 1. The molecule has 2 amide bonds. The summed E-state index contributed by atoms with van der Waals surface area (Å²) >= 11 is 0. The fourth-order valence-corrected chi connectivity index (χ4v) is 4.33. The van der Waals surface area contributed by atoms with Crippen molar-refractivity contribution in [2.24, 2.45) is 0 Å². The number of carbonyl (C=O) groups excluding carboxylic acids is 2. The van der Waals surface area contributed by atoms with Crippen molar-refractivity contribution >= 4 is 38.3 Å². The van der Waals surface area contributed by atoms with E-state index < -0.39 is 21.8 Å². The van der Waals surface area contributed by atoms with Gasteiger partial charge in [-0.2, -0.15) is 0 Å². The second-order valence-electron chi connectivity index (χ2n) is 5.97. The Morgan fingerprint density at radius 3 is 2.54 bits per heavy atom. The van der Waals surface area contributed by atoms with Crippen LogP contribution in [-0.4, -0.2) is 31.6 Å². The minimum atomic E-state index is -3.89. The second kappa shape index (κ2) is 5.67. The van der Waals surface area contributed by atoms with Crippen LogP contribution in [0.4, 0.5) is 5.69 Å². The Bertz CT molecular complexity index is 1180. The summed E-state index contributed by atoms with van der Waals surface area (Å²) in [5.74, 6) is -1.04. The lowest BCUT2D eigenvalue weighted by molar-refractivity contribution is 0.0890. The molecular weight excluding hydrogens is 352 g/mol. The molecule has 0 bridgehead atoms. The molecule has 4 rings (SSSR count). The quantitative estimate of drug-likeness (QED) is 0.756. The molecule has 0 unspecified atom stereocenters. The zero-order chi connectivity index (χ0) is 18.5. The maximum absolute atomic E-state index is 12.6. The molecule has 6 nitrogen and oxygen atoms in total. The first-order valence-corrected chi connectivity index (χ1v) is 9.30. The van der Waals surface area contributed by atoms with E-state index in [0.29, 0.717) is 9.99 Å². The number of rotatable bonds is 2. The van der Waals surface area contributed by atoms with Gasteiger partial charge in [-0.3, -0.25) is 9.59 Å². The summed E-state index contributed by atoms with van der Waals surface area (Å²) in [4.78, 5) is 24.5. The molecule has 0 saturated heterocycles. The normalized spacial score (nSPS) is 15.1. The average molecular weight is 366 g/mol. The number of nitrogens with zero attached hydrogens (tertiary/aromatic N) is 1. The smallest absolute Gasteiger partial charge is 0.268 e. The van der Waals surface area contributed by atoms with Crippen LogP contribution in [0, 0.1) is 0 Å². The average Bonchev–Trinajstić information content (AvgIpc) is 2.82. The Morgan fingerprint density at radius 1 is 1.00 bits per heavy atom. The summed E-state index contributed by atoms with van der Waals surface area (Å²) in [7, 11) is -2.69. The molecule has 26 heavy (non-hydrogen) atoms. The minimum Gasteiger partial charge on any atom is -0.321 e. The van der Waals surface area contributed by atoms with Crippen molar-refractivity contribution < 1.29 is 18.0 Å². The van der Waals surface area contributed by atoms with Crippen molar-refractivity contribution in [2.75, 3.05) is 12.4 Å². The zero-order valence-electron chi connectivity index (χ0n) is 13.8. The van der Waals surface area contributed by atoms with Gasteiger partial charge in [0.2, 0.25) is 0 Å². The lowest BCUT2D eigenvalue weighted by Crippen LogP contribution is -2.24. The molecule has 0 radical (unpaired) electrons. The van der Waals surface area contributed by atoms with Crippen LogP contribution < -0.4 is 5.32 Å². The standard InChI is InChI=1S/C19H14N2O4S/c1-21-19(23)15-10-9-13(11-17(15)26(21,24)25)18(22)20-16-8-4-6-12-5-2-3-7-14(12)16/h2-11H,1H3,(H,20,22). The highest BCUT2D eigenvalue weighted by atomic mass is 32.2. The third kappa shape index (κ3) is 2.36. The molecule has 7 heteroatoms. The molecule has 1 aliphatic heterocycles. The molecule has 1 aliphatic rings. The van der Waals surface area contributed by atoms with E-state index >= 15 is 0 Å². The van der Waals surface area contributed by atoms with E-state index in [0.717, 1.165) is 10.8 Å². The lowest BCUT2D eigenvalue weighted by Gasteiger charge is -2.09. The Balaban J connectivity index is 1.72. The van der Waals surface area contributed by atoms with Gasteiger partial charge in [0.15, 0.2) is 0 Å². The largest absolute Gasteiger partial charge is 0.321 e. The molecule has 0 fully saturated rings. The van der Waals surface area contributed by atoms with E-state index in [-0.39, 0.29) is 16.0 Å². The first-order valence-electron chi connectivity index (χ1n) is 7.86. The Hall–Kier alpha value is -3.19. The molecule has 0 atom stereocenters. The van der Waals surface area contributed by atoms with E-state index in [1.165, 1.54) is 25.2 Å². The highest BCUT2D eigenvalue weighted by molar-refractivity contribution is 7.90. The van der Waals surface area contributed by atoms with Crippen LogP contribution in [0.2, 0.25) is 0 Å². The van der Waals surface area contributed by atoms with Crippen LogP contribution >= 0.6 is 0 Å². The maximum Gasteiger partial charge on any atom is 0.268 e. The van der Waals surface area contributed by atoms with Crippen molar-refractivity contribution in [1.82, 2.24) is 4.31 Å². The third-order valence-electron chi connectivity index (χ3n) is 4.44.